The molecule has 0 saturated heterocycles. The third-order valence-electron chi connectivity index (χ3n) is 4.59. The minimum absolute atomic E-state index is 0.0140. The molecule has 1 aliphatic rings. The van der Waals surface area contributed by atoms with E-state index in [1.807, 2.05) is 36.4 Å². The summed E-state index contributed by atoms with van der Waals surface area (Å²) in [6.45, 7) is 0.314. The molecule has 2 amide bonds. The van der Waals surface area contributed by atoms with Crippen molar-refractivity contribution in [2.75, 3.05) is 5.32 Å². The molecule has 7 nitrogen and oxygen atoms in total. The van der Waals surface area contributed by atoms with E-state index in [0.29, 0.717) is 37.3 Å². The van der Waals surface area contributed by atoms with Crippen LogP contribution in [0.15, 0.2) is 42.6 Å². The number of para-hydroxylation sites is 1. The minimum atomic E-state index is -0.175. The van der Waals surface area contributed by atoms with Crippen LogP contribution in [-0.2, 0) is 22.6 Å². The number of rotatable bonds is 5. The van der Waals surface area contributed by atoms with Gasteiger partial charge >= 0.3 is 0 Å². The van der Waals surface area contributed by atoms with Crippen LogP contribution in [0.3, 0.4) is 0 Å². The molecule has 1 aromatic carbocycles. The third-order valence-corrected chi connectivity index (χ3v) is 4.59. The molecule has 0 aliphatic carbocycles. The minimum Gasteiger partial charge on any atom is -0.349 e. The standard InChI is InChI=1S/C19H19N5O2/c25-17(21-11-16-22-15-6-3-9-20-18(15)24-16)8-7-13-10-12-4-1-2-5-14(12)23-19(13)26/h1-6,9,13H,7-8,10-11H2,(H,21,25)(H,23,26)(H,20,22,24)/t13-/m0/s1. The average molecular weight is 349 g/mol. The Morgan fingerprint density at radius 1 is 1.23 bits per heavy atom. The van der Waals surface area contributed by atoms with Crippen molar-refractivity contribution in [3.8, 4) is 0 Å². The van der Waals surface area contributed by atoms with Gasteiger partial charge in [0.2, 0.25) is 11.8 Å². The summed E-state index contributed by atoms with van der Waals surface area (Å²) in [6, 6.07) is 11.5. The van der Waals surface area contributed by atoms with Crippen molar-refractivity contribution in [3.63, 3.8) is 0 Å². The summed E-state index contributed by atoms with van der Waals surface area (Å²) in [5.74, 6) is 0.382. The second-order valence-electron chi connectivity index (χ2n) is 6.42. The number of pyridine rings is 1. The van der Waals surface area contributed by atoms with E-state index in [9.17, 15) is 9.59 Å². The third kappa shape index (κ3) is 3.42. The highest BCUT2D eigenvalue weighted by Crippen LogP contribution is 2.27. The van der Waals surface area contributed by atoms with Crippen molar-refractivity contribution >= 4 is 28.7 Å². The number of anilines is 1. The highest BCUT2D eigenvalue weighted by molar-refractivity contribution is 5.96. The van der Waals surface area contributed by atoms with E-state index < -0.39 is 0 Å². The largest absolute Gasteiger partial charge is 0.349 e. The fourth-order valence-corrected chi connectivity index (χ4v) is 3.20. The first kappa shape index (κ1) is 16.3. The molecule has 3 heterocycles. The van der Waals surface area contributed by atoms with Crippen LogP contribution in [-0.4, -0.2) is 26.8 Å². The Labute approximate surface area is 150 Å². The first-order chi connectivity index (χ1) is 12.7. The molecule has 0 unspecified atom stereocenters. The monoisotopic (exact) mass is 349 g/mol. The van der Waals surface area contributed by atoms with Crippen LogP contribution in [0.1, 0.15) is 24.2 Å². The maximum atomic E-state index is 12.2. The van der Waals surface area contributed by atoms with Gasteiger partial charge in [-0.15, -0.1) is 0 Å². The molecule has 2 aromatic heterocycles. The van der Waals surface area contributed by atoms with Crippen molar-refractivity contribution < 1.29 is 9.59 Å². The zero-order valence-electron chi connectivity index (χ0n) is 14.2. The maximum absolute atomic E-state index is 12.2. The molecule has 1 atom stereocenters. The number of aromatic nitrogens is 3. The first-order valence-electron chi connectivity index (χ1n) is 8.64. The lowest BCUT2D eigenvalue weighted by Gasteiger charge is -2.24. The molecule has 0 radical (unpaired) electrons. The maximum Gasteiger partial charge on any atom is 0.227 e. The van der Waals surface area contributed by atoms with E-state index in [2.05, 4.69) is 25.6 Å². The van der Waals surface area contributed by atoms with Crippen LogP contribution in [0.4, 0.5) is 5.69 Å². The topological polar surface area (TPSA) is 99.8 Å². The van der Waals surface area contributed by atoms with E-state index >= 15 is 0 Å². The summed E-state index contributed by atoms with van der Waals surface area (Å²) in [5, 5.41) is 5.76. The molecular formula is C19H19N5O2. The second kappa shape index (κ2) is 6.95. The quantitative estimate of drug-likeness (QED) is 0.657. The molecule has 132 valence electrons. The summed E-state index contributed by atoms with van der Waals surface area (Å²) in [7, 11) is 0. The van der Waals surface area contributed by atoms with Gasteiger partial charge in [0.1, 0.15) is 5.82 Å². The number of nitrogens with zero attached hydrogens (tertiary/aromatic N) is 2. The first-order valence-corrected chi connectivity index (χ1v) is 8.64. The summed E-state index contributed by atoms with van der Waals surface area (Å²) >= 11 is 0. The second-order valence-corrected chi connectivity index (χ2v) is 6.42. The number of H-pyrrole nitrogens is 1. The molecule has 3 N–H and O–H groups in total. The van der Waals surface area contributed by atoms with E-state index in [1.54, 1.807) is 6.20 Å². The van der Waals surface area contributed by atoms with Gasteiger partial charge in [0.05, 0.1) is 12.1 Å². The number of benzene rings is 1. The number of nitrogens with one attached hydrogen (secondary N) is 3. The van der Waals surface area contributed by atoms with Gasteiger partial charge in [-0.2, -0.15) is 0 Å². The molecule has 0 bridgehead atoms. The van der Waals surface area contributed by atoms with E-state index in [0.717, 1.165) is 16.8 Å². The van der Waals surface area contributed by atoms with Crippen LogP contribution in [0, 0.1) is 5.92 Å². The van der Waals surface area contributed by atoms with Gasteiger partial charge in [0.15, 0.2) is 5.65 Å². The Balaban J connectivity index is 1.29. The Hall–Kier alpha value is -3.22. The highest BCUT2D eigenvalue weighted by atomic mass is 16.2. The fourth-order valence-electron chi connectivity index (χ4n) is 3.20. The Morgan fingerprint density at radius 2 is 2.12 bits per heavy atom. The van der Waals surface area contributed by atoms with Gasteiger partial charge in [-0.05, 0) is 36.6 Å². The van der Waals surface area contributed by atoms with Crippen molar-refractivity contribution in [1.29, 1.82) is 0 Å². The molecule has 1 aliphatic heterocycles. The molecule has 26 heavy (non-hydrogen) atoms. The van der Waals surface area contributed by atoms with Gasteiger partial charge in [-0.3, -0.25) is 9.59 Å². The number of hydrogen-bond acceptors (Lipinski definition) is 4. The van der Waals surface area contributed by atoms with Gasteiger partial charge in [0, 0.05) is 24.2 Å². The van der Waals surface area contributed by atoms with Crippen LogP contribution in [0.5, 0.6) is 0 Å². The Kier molecular flexibility index (Phi) is 4.35. The smallest absolute Gasteiger partial charge is 0.227 e. The van der Waals surface area contributed by atoms with Crippen molar-refractivity contribution in [3.05, 3.63) is 54.0 Å². The molecule has 0 fully saturated rings. The number of carbonyl (C=O) groups is 2. The average Bonchev–Trinajstić information content (AvgIpc) is 3.07. The number of carbonyl (C=O) groups excluding carboxylic acids is 2. The normalized spacial score (nSPS) is 16.2. The predicted molar refractivity (Wildman–Crippen MR) is 97.2 cm³/mol. The summed E-state index contributed by atoms with van der Waals surface area (Å²) in [4.78, 5) is 35.9. The van der Waals surface area contributed by atoms with Crippen LogP contribution in [0.25, 0.3) is 11.2 Å². The van der Waals surface area contributed by atoms with Gasteiger partial charge in [-0.1, -0.05) is 18.2 Å². The lowest BCUT2D eigenvalue weighted by Crippen LogP contribution is -2.31. The number of imidazole rings is 1. The number of aromatic amines is 1. The van der Waals surface area contributed by atoms with Crippen molar-refractivity contribution in [1.82, 2.24) is 20.3 Å². The van der Waals surface area contributed by atoms with Crippen molar-refractivity contribution in [2.45, 2.75) is 25.8 Å². The Morgan fingerprint density at radius 3 is 3.00 bits per heavy atom. The summed E-state index contributed by atoms with van der Waals surface area (Å²) in [5.41, 5.74) is 3.47. The SMILES string of the molecule is O=C(CC[C@H]1Cc2ccccc2NC1=O)NCc1nc2ncccc2[nH]1. The van der Waals surface area contributed by atoms with Gasteiger partial charge < -0.3 is 15.6 Å². The number of amides is 2. The number of hydrogen-bond donors (Lipinski definition) is 3. The lowest BCUT2D eigenvalue weighted by atomic mass is 9.89. The number of fused-ring (bicyclic) bond motifs is 2. The van der Waals surface area contributed by atoms with Gasteiger partial charge in [-0.25, -0.2) is 9.97 Å². The van der Waals surface area contributed by atoms with E-state index in [4.69, 9.17) is 0 Å². The molecule has 3 aromatic rings. The van der Waals surface area contributed by atoms with E-state index in [1.165, 1.54) is 0 Å². The molecular weight excluding hydrogens is 330 g/mol. The Bertz CT molecular complexity index is 932. The molecule has 7 heteroatoms. The summed E-state index contributed by atoms with van der Waals surface area (Å²) < 4.78 is 0. The lowest BCUT2D eigenvalue weighted by molar-refractivity contribution is -0.123. The zero-order chi connectivity index (χ0) is 17.9. The molecule has 0 spiro atoms. The molecule has 0 saturated carbocycles. The van der Waals surface area contributed by atoms with Crippen LogP contribution >= 0.6 is 0 Å². The van der Waals surface area contributed by atoms with E-state index in [-0.39, 0.29) is 17.7 Å². The fraction of sp³-hybridized carbons (Fsp3) is 0.263. The molecule has 4 rings (SSSR count). The highest BCUT2D eigenvalue weighted by Gasteiger charge is 2.26. The summed E-state index contributed by atoms with van der Waals surface area (Å²) in [6.07, 6.45) is 3.18. The predicted octanol–water partition coefficient (Wildman–Crippen LogP) is 2.17. The van der Waals surface area contributed by atoms with Crippen molar-refractivity contribution in [2.24, 2.45) is 5.92 Å². The van der Waals surface area contributed by atoms with Gasteiger partial charge in [0.25, 0.3) is 0 Å². The van der Waals surface area contributed by atoms with Crippen LogP contribution < -0.4 is 10.6 Å². The zero-order valence-corrected chi connectivity index (χ0v) is 14.2. The van der Waals surface area contributed by atoms with Crippen LogP contribution in [0.2, 0.25) is 0 Å².